The molecule has 1 aromatic carbocycles. The molecular formula is C19H22ClN5O2. The van der Waals surface area contributed by atoms with E-state index in [0.717, 1.165) is 0 Å². The third-order valence-electron chi connectivity index (χ3n) is 4.20. The quantitative estimate of drug-likeness (QED) is 0.744. The lowest BCUT2D eigenvalue weighted by Crippen LogP contribution is -2.28. The second-order valence-electron chi connectivity index (χ2n) is 7.39. The number of anilines is 1. The summed E-state index contributed by atoms with van der Waals surface area (Å²) in [6.07, 6.45) is 1.70. The highest BCUT2D eigenvalue weighted by molar-refractivity contribution is 6.30. The fraction of sp³-hybridized carbons (Fsp3) is 0.368. The van der Waals surface area contributed by atoms with E-state index in [9.17, 15) is 9.59 Å². The van der Waals surface area contributed by atoms with Gasteiger partial charge in [-0.25, -0.2) is 9.67 Å². The van der Waals surface area contributed by atoms with Crippen molar-refractivity contribution in [2.75, 3.05) is 5.32 Å². The highest BCUT2D eigenvalue weighted by atomic mass is 35.5. The van der Waals surface area contributed by atoms with Crippen molar-refractivity contribution in [3.8, 4) is 0 Å². The Kier molecular flexibility index (Phi) is 5.06. The van der Waals surface area contributed by atoms with E-state index >= 15 is 0 Å². The van der Waals surface area contributed by atoms with Gasteiger partial charge in [-0.3, -0.25) is 14.2 Å². The molecule has 0 bridgehead atoms. The summed E-state index contributed by atoms with van der Waals surface area (Å²) >= 11 is 5.84. The van der Waals surface area contributed by atoms with Gasteiger partial charge in [0.2, 0.25) is 5.91 Å². The van der Waals surface area contributed by atoms with Crippen LogP contribution in [0.4, 0.5) is 5.69 Å². The highest BCUT2D eigenvalue weighted by Gasteiger charge is 2.21. The van der Waals surface area contributed by atoms with Gasteiger partial charge in [-0.2, -0.15) is 5.10 Å². The van der Waals surface area contributed by atoms with Crippen molar-refractivity contribution in [1.82, 2.24) is 19.3 Å². The van der Waals surface area contributed by atoms with Gasteiger partial charge in [-0.1, -0.05) is 11.6 Å². The second-order valence-corrected chi connectivity index (χ2v) is 7.82. The van der Waals surface area contributed by atoms with Gasteiger partial charge in [0.05, 0.1) is 11.7 Å². The number of benzene rings is 1. The first-order valence-electron chi connectivity index (χ1n) is 8.68. The number of hydrogen-bond acceptors (Lipinski definition) is 4. The number of fused-ring (bicyclic) bond motifs is 1. The molecule has 0 spiro atoms. The summed E-state index contributed by atoms with van der Waals surface area (Å²) in [6.45, 7) is 8.01. The molecule has 0 fully saturated rings. The number of aromatic nitrogens is 4. The molecule has 142 valence electrons. The molecule has 0 saturated carbocycles. The smallest absolute Gasteiger partial charge is 0.264 e. The predicted octanol–water partition coefficient (Wildman–Crippen LogP) is 3.34. The maximum atomic E-state index is 12.8. The van der Waals surface area contributed by atoms with Crippen LogP contribution >= 0.6 is 11.6 Å². The highest BCUT2D eigenvalue weighted by Crippen LogP contribution is 2.18. The van der Waals surface area contributed by atoms with Gasteiger partial charge in [-0.05, 0) is 52.0 Å². The van der Waals surface area contributed by atoms with Crippen molar-refractivity contribution in [3.05, 3.63) is 51.7 Å². The van der Waals surface area contributed by atoms with E-state index in [1.165, 1.54) is 4.57 Å². The zero-order valence-corrected chi connectivity index (χ0v) is 16.5. The van der Waals surface area contributed by atoms with E-state index in [-0.39, 0.29) is 30.0 Å². The molecule has 1 amide bonds. The molecular weight excluding hydrogens is 366 g/mol. The number of rotatable bonds is 4. The lowest BCUT2D eigenvalue weighted by Gasteiger charge is -2.20. The first-order valence-corrected chi connectivity index (χ1v) is 9.05. The summed E-state index contributed by atoms with van der Waals surface area (Å²) in [6, 6.07) is 6.87. The van der Waals surface area contributed by atoms with E-state index in [1.54, 1.807) is 42.1 Å². The summed E-state index contributed by atoms with van der Waals surface area (Å²) in [5.74, 6) is 0.367. The van der Waals surface area contributed by atoms with Crippen molar-refractivity contribution < 1.29 is 4.79 Å². The van der Waals surface area contributed by atoms with Crippen molar-refractivity contribution in [2.45, 2.75) is 46.2 Å². The van der Waals surface area contributed by atoms with Crippen LogP contribution < -0.4 is 10.9 Å². The Bertz CT molecular complexity index is 1040. The Morgan fingerprint density at radius 3 is 2.52 bits per heavy atom. The first kappa shape index (κ1) is 19.1. The summed E-state index contributed by atoms with van der Waals surface area (Å²) in [5, 5.41) is 8.16. The number of carbonyl (C=O) groups excluding carboxylic acids is 1. The normalized spacial score (nSPS) is 11.7. The zero-order valence-electron chi connectivity index (χ0n) is 15.8. The molecule has 0 unspecified atom stereocenters. The average molecular weight is 388 g/mol. The topological polar surface area (TPSA) is 81.8 Å². The predicted molar refractivity (Wildman–Crippen MR) is 106 cm³/mol. The van der Waals surface area contributed by atoms with Crippen LogP contribution in [0.15, 0.2) is 35.3 Å². The molecule has 0 radical (unpaired) electrons. The summed E-state index contributed by atoms with van der Waals surface area (Å²) in [5.41, 5.74) is 0.755. The van der Waals surface area contributed by atoms with E-state index in [0.29, 0.717) is 27.6 Å². The Morgan fingerprint density at radius 1 is 1.22 bits per heavy atom. The molecule has 0 aliphatic carbocycles. The molecule has 1 N–H and O–H groups in total. The van der Waals surface area contributed by atoms with Crippen LogP contribution in [0.1, 0.15) is 33.0 Å². The Morgan fingerprint density at radius 2 is 1.89 bits per heavy atom. The third kappa shape index (κ3) is 4.03. The van der Waals surface area contributed by atoms with Gasteiger partial charge in [0.15, 0.2) is 5.65 Å². The Balaban J connectivity index is 1.80. The minimum Gasteiger partial charge on any atom is -0.326 e. The molecule has 0 aliphatic rings. The van der Waals surface area contributed by atoms with Crippen LogP contribution in [0.3, 0.4) is 0 Å². The van der Waals surface area contributed by atoms with E-state index in [2.05, 4.69) is 15.4 Å². The van der Waals surface area contributed by atoms with Crippen LogP contribution in [0.5, 0.6) is 0 Å². The van der Waals surface area contributed by atoms with Gasteiger partial charge >= 0.3 is 0 Å². The molecule has 0 aliphatic heterocycles. The third-order valence-corrected chi connectivity index (χ3v) is 4.46. The average Bonchev–Trinajstić information content (AvgIpc) is 3.01. The minimum absolute atomic E-state index is 0.157. The fourth-order valence-corrected chi connectivity index (χ4v) is 2.96. The largest absolute Gasteiger partial charge is 0.326 e. The molecule has 2 aromatic heterocycles. The second kappa shape index (κ2) is 7.15. The molecule has 8 heteroatoms. The van der Waals surface area contributed by atoms with Gasteiger partial charge in [-0.15, -0.1) is 0 Å². The van der Waals surface area contributed by atoms with Gasteiger partial charge in [0, 0.05) is 23.7 Å². The molecule has 0 atom stereocenters. The maximum Gasteiger partial charge on any atom is 0.264 e. The number of hydrogen-bond donors (Lipinski definition) is 1. The van der Waals surface area contributed by atoms with E-state index < -0.39 is 0 Å². The lowest BCUT2D eigenvalue weighted by molar-refractivity contribution is -0.116. The Hall–Kier alpha value is -2.67. The maximum absolute atomic E-state index is 12.8. The summed E-state index contributed by atoms with van der Waals surface area (Å²) in [4.78, 5) is 29.6. The fourth-order valence-electron chi connectivity index (χ4n) is 2.83. The van der Waals surface area contributed by atoms with Gasteiger partial charge in [0.1, 0.15) is 11.2 Å². The number of amides is 1. The van der Waals surface area contributed by atoms with E-state index in [1.807, 2.05) is 20.8 Å². The van der Waals surface area contributed by atoms with Crippen molar-refractivity contribution in [1.29, 1.82) is 0 Å². The van der Waals surface area contributed by atoms with Gasteiger partial charge < -0.3 is 5.32 Å². The number of nitrogens with one attached hydrogen (secondary N) is 1. The Labute approximate surface area is 162 Å². The SMILES string of the molecule is Cc1nc2c(cnn2C(C)(C)C)c(=O)n1CCC(=O)Nc1ccc(Cl)cc1. The van der Waals surface area contributed by atoms with Crippen molar-refractivity contribution in [2.24, 2.45) is 0 Å². The van der Waals surface area contributed by atoms with Crippen LogP contribution in [-0.2, 0) is 16.9 Å². The molecule has 27 heavy (non-hydrogen) atoms. The van der Waals surface area contributed by atoms with Crippen LogP contribution in [-0.4, -0.2) is 25.2 Å². The first-order chi connectivity index (χ1) is 12.7. The summed E-state index contributed by atoms with van der Waals surface area (Å²) < 4.78 is 3.26. The molecule has 3 rings (SSSR count). The lowest BCUT2D eigenvalue weighted by atomic mass is 10.1. The van der Waals surface area contributed by atoms with E-state index in [4.69, 9.17) is 11.6 Å². The molecule has 0 saturated heterocycles. The number of halogens is 1. The monoisotopic (exact) mass is 387 g/mol. The standard InChI is InChI=1S/C19H22ClN5O2/c1-12-22-17-15(11-21-25(17)19(2,3)4)18(27)24(12)10-9-16(26)23-14-7-5-13(20)6-8-14/h5-8,11H,9-10H2,1-4H3,(H,23,26). The van der Waals surface area contributed by atoms with Crippen LogP contribution in [0.25, 0.3) is 11.0 Å². The molecule has 2 heterocycles. The molecule has 3 aromatic rings. The van der Waals surface area contributed by atoms with Crippen molar-refractivity contribution >= 4 is 34.2 Å². The van der Waals surface area contributed by atoms with Crippen molar-refractivity contribution in [3.63, 3.8) is 0 Å². The van der Waals surface area contributed by atoms with Gasteiger partial charge in [0.25, 0.3) is 5.56 Å². The molecule has 7 nitrogen and oxygen atoms in total. The summed E-state index contributed by atoms with van der Waals surface area (Å²) in [7, 11) is 0. The van der Waals surface area contributed by atoms with Crippen LogP contribution in [0, 0.1) is 6.92 Å². The number of carbonyl (C=O) groups is 1. The zero-order chi connectivity index (χ0) is 19.8. The van der Waals surface area contributed by atoms with Crippen LogP contribution in [0.2, 0.25) is 5.02 Å². The minimum atomic E-state index is -0.279. The number of nitrogens with zero attached hydrogens (tertiary/aromatic N) is 4. The number of aryl methyl sites for hydroxylation is 1.